The lowest BCUT2D eigenvalue weighted by atomic mass is 10.1. The van der Waals surface area contributed by atoms with Crippen molar-refractivity contribution in [3.05, 3.63) is 50.4 Å². The molecule has 1 saturated heterocycles. The average molecular weight is 432 g/mol. The van der Waals surface area contributed by atoms with Gasteiger partial charge in [0.25, 0.3) is 5.56 Å². The number of imidazole rings is 1. The number of aromatic nitrogens is 5. The molecule has 1 fully saturated rings. The summed E-state index contributed by atoms with van der Waals surface area (Å²) in [6, 6.07) is 5.22. The van der Waals surface area contributed by atoms with Gasteiger partial charge in [0, 0.05) is 32.4 Å². The SMILES string of the molecule is CC#CCn1c(N2CCC[C@@H](N)C2)nc2c1c(=O)n(Cc1ccc(C#N)nc1)c(=O)n2C. The number of hydrogen-bond donors (Lipinski definition) is 1. The number of anilines is 1. The lowest BCUT2D eigenvalue weighted by Crippen LogP contribution is -2.44. The van der Waals surface area contributed by atoms with Crippen LogP contribution in [0.15, 0.2) is 27.9 Å². The summed E-state index contributed by atoms with van der Waals surface area (Å²) < 4.78 is 4.32. The number of nitrogens with zero attached hydrogens (tertiary/aromatic N) is 7. The number of aryl methyl sites for hydroxylation is 1. The minimum Gasteiger partial charge on any atom is -0.341 e. The molecule has 4 heterocycles. The molecule has 0 spiro atoms. The second-order valence-electron chi connectivity index (χ2n) is 7.84. The van der Waals surface area contributed by atoms with Crippen LogP contribution in [0.1, 0.15) is 31.0 Å². The predicted molar refractivity (Wildman–Crippen MR) is 120 cm³/mol. The molecule has 10 heteroatoms. The third-order valence-electron chi connectivity index (χ3n) is 5.65. The molecule has 2 N–H and O–H groups in total. The van der Waals surface area contributed by atoms with Crippen LogP contribution in [0.2, 0.25) is 0 Å². The van der Waals surface area contributed by atoms with Crippen molar-refractivity contribution in [3.8, 4) is 17.9 Å². The van der Waals surface area contributed by atoms with E-state index in [1.165, 1.54) is 10.8 Å². The zero-order valence-corrected chi connectivity index (χ0v) is 18.1. The Morgan fingerprint density at radius 3 is 2.75 bits per heavy atom. The summed E-state index contributed by atoms with van der Waals surface area (Å²) in [5.74, 6) is 6.48. The van der Waals surface area contributed by atoms with Crippen molar-refractivity contribution in [3.63, 3.8) is 0 Å². The van der Waals surface area contributed by atoms with Crippen molar-refractivity contribution in [1.29, 1.82) is 5.26 Å². The van der Waals surface area contributed by atoms with E-state index in [4.69, 9.17) is 11.0 Å². The fourth-order valence-electron chi connectivity index (χ4n) is 4.01. The van der Waals surface area contributed by atoms with Crippen LogP contribution < -0.4 is 21.9 Å². The van der Waals surface area contributed by atoms with Gasteiger partial charge in [0.05, 0.1) is 13.1 Å². The number of nitrogens with two attached hydrogens (primary N) is 1. The van der Waals surface area contributed by atoms with Gasteiger partial charge in [0.15, 0.2) is 11.2 Å². The number of pyridine rings is 1. The molecule has 0 bridgehead atoms. The predicted octanol–water partition coefficient (Wildman–Crippen LogP) is 0.162. The molecule has 0 unspecified atom stereocenters. The van der Waals surface area contributed by atoms with Gasteiger partial charge in [-0.25, -0.2) is 9.78 Å². The maximum atomic E-state index is 13.5. The van der Waals surface area contributed by atoms with Crippen LogP contribution in [0.25, 0.3) is 11.2 Å². The summed E-state index contributed by atoms with van der Waals surface area (Å²) in [6.07, 6.45) is 3.36. The average Bonchev–Trinajstić information content (AvgIpc) is 3.19. The van der Waals surface area contributed by atoms with Crippen LogP contribution in [0.3, 0.4) is 0 Å². The smallest absolute Gasteiger partial charge is 0.332 e. The molecule has 1 aliphatic rings. The van der Waals surface area contributed by atoms with E-state index in [1.807, 2.05) is 6.07 Å². The monoisotopic (exact) mass is 432 g/mol. The van der Waals surface area contributed by atoms with E-state index < -0.39 is 11.2 Å². The first-order chi connectivity index (χ1) is 15.4. The molecule has 0 saturated carbocycles. The molecule has 32 heavy (non-hydrogen) atoms. The highest BCUT2D eigenvalue weighted by Crippen LogP contribution is 2.22. The molecule has 1 atom stereocenters. The van der Waals surface area contributed by atoms with E-state index in [0.717, 1.165) is 24.0 Å². The third kappa shape index (κ3) is 3.77. The summed E-state index contributed by atoms with van der Waals surface area (Å²) in [4.78, 5) is 37.3. The first kappa shape index (κ1) is 21.3. The standard InChI is InChI=1S/C22H24N8O2/c1-3-4-10-29-18-19(26-21(29)28-9-5-6-16(24)14-28)27(2)22(32)30(20(18)31)13-15-7-8-17(11-23)25-12-15/h7-8,12,16H,5-6,9-10,13-14,24H2,1-2H3/t16-/m1/s1. The minimum absolute atomic E-state index is 0.0265. The van der Waals surface area contributed by atoms with E-state index in [9.17, 15) is 9.59 Å². The Hall–Kier alpha value is -3.89. The van der Waals surface area contributed by atoms with Crippen molar-refractivity contribution in [2.24, 2.45) is 12.8 Å². The number of hydrogen-bond acceptors (Lipinski definition) is 7. The molecular formula is C22H24N8O2. The van der Waals surface area contributed by atoms with E-state index in [2.05, 4.69) is 26.7 Å². The van der Waals surface area contributed by atoms with Gasteiger partial charge in [0.1, 0.15) is 11.8 Å². The first-order valence-electron chi connectivity index (χ1n) is 10.4. The molecule has 3 aromatic rings. The molecule has 0 radical (unpaired) electrons. The highest BCUT2D eigenvalue weighted by Gasteiger charge is 2.26. The molecule has 3 aromatic heterocycles. The summed E-state index contributed by atoms with van der Waals surface area (Å²) in [6.45, 7) is 3.45. The van der Waals surface area contributed by atoms with Crippen molar-refractivity contribution >= 4 is 17.1 Å². The fraction of sp³-hybridized carbons (Fsp3) is 0.409. The lowest BCUT2D eigenvalue weighted by molar-refractivity contribution is 0.496. The Morgan fingerprint density at radius 2 is 2.09 bits per heavy atom. The number of rotatable bonds is 4. The van der Waals surface area contributed by atoms with E-state index in [-0.39, 0.29) is 24.8 Å². The topological polar surface area (TPSA) is 128 Å². The molecule has 0 aromatic carbocycles. The first-order valence-corrected chi connectivity index (χ1v) is 10.4. The van der Waals surface area contributed by atoms with Crippen LogP contribution >= 0.6 is 0 Å². The summed E-state index contributed by atoms with van der Waals surface area (Å²) in [7, 11) is 1.60. The Labute approximate surface area is 184 Å². The van der Waals surface area contributed by atoms with Gasteiger partial charge in [-0.15, -0.1) is 5.92 Å². The summed E-state index contributed by atoms with van der Waals surface area (Å²) >= 11 is 0. The molecule has 0 amide bonds. The van der Waals surface area contributed by atoms with Crippen molar-refractivity contribution in [2.75, 3.05) is 18.0 Å². The Bertz CT molecular complexity index is 1380. The van der Waals surface area contributed by atoms with Gasteiger partial charge in [-0.3, -0.25) is 18.5 Å². The lowest BCUT2D eigenvalue weighted by Gasteiger charge is -2.31. The van der Waals surface area contributed by atoms with E-state index >= 15 is 0 Å². The number of fused-ring (bicyclic) bond motifs is 1. The Balaban J connectivity index is 1.89. The molecular weight excluding hydrogens is 408 g/mol. The minimum atomic E-state index is -0.472. The maximum Gasteiger partial charge on any atom is 0.332 e. The van der Waals surface area contributed by atoms with Crippen LogP contribution in [0.5, 0.6) is 0 Å². The molecule has 164 valence electrons. The van der Waals surface area contributed by atoms with Crippen LogP contribution in [-0.2, 0) is 20.1 Å². The highest BCUT2D eigenvalue weighted by molar-refractivity contribution is 5.75. The van der Waals surface area contributed by atoms with Crippen LogP contribution in [0, 0.1) is 23.2 Å². The van der Waals surface area contributed by atoms with Gasteiger partial charge in [-0.05, 0) is 31.4 Å². The Kier molecular flexibility index (Phi) is 5.80. The third-order valence-corrected chi connectivity index (χ3v) is 5.65. The van der Waals surface area contributed by atoms with Crippen LogP contribution in [-0.4, -0.2) is 42.8 Å². The summed E-state index contributed by atoms with van der Waals surface area (Å²) in [5.41, 5.74) is 6.81. The normalized spacial score (nSPS) is 15.9. The van der Waals surface area contributed by atoms with Gasteiger partial charge in [-0.1, -0.05) is 12.0 Å². The van der Waals surface area contributed by atoms with Crippen molar-refractivity contribution in [2.45, 2.75) is 38.9 Å². The van der Waals surface area contributed by atoms with Gasteiger partial charge in [0.2, 0.25) is 5.95 Å². The summed E-state index contributed by atoms with van der Waals surface area (Å²) in [5, 5.41) is 8.94. The zero-order valence-electron chi connectivity index (χ0n) is 18.1. The molecule has 10 nitrogen and oxygen atoms in total. The van der Waals surface area contributed by atoms with Crippen molar-refractivity contribution in [1.82, 2.24) is 23.7 Å². The Morgan fingerprint density at radius 1 is 1.28 bits per heavy atom. The molecule has 4 rings (SSSR count). The number of nitriles is 1. The van der Waals surface area contributed by atoms with Crippen molar-refractivity contribution < 1.29 is 0 Å². The zero-order chi connectivity index (χ0) is 22.8. The largest absolute Gasteiger partial charge is 0.341 e. The van der Waals surface area contributed by atoms with E-state index in [0.29, 0.717) is 29.2 Å². The van der Waals surface area contributed by atoms with Crippen LogP contribution in [0.4, 0.5) is 5.95 Å². The number of piperidine rings is 1. The molecule has 1 aliphatic heterocycles. The second kappa shape index (κ2) is 8.69. The van der Waals surface area contributed by atoms with Gasteiger partial charge < -0.3 is 10.6 Å². The maximum absolute atomic E-state index is 13.5. The van der Waals surface area contributed by atoms with E-state index in [1.54, 1.807) is 30.7 Å². The fourth-order valence-corrected chi connectivity index (χ4v) is 4.01. The molecule has 0 aliphatic carbocycles. The van der Waals surface area contributed by atoms with Gasteiger partial charge in [-0.2, -0.15) is 10.2 Å². The van der Waals surface area contributed by atoms with Gasteiger partial charge >= 0.3 is 5.69 Å². The second-order valence-corrected chi connectivity index (χ2v) is 7.84. The highest BCUT2D eigenvalue weighted by atomic mass is 16.2. The quantitative estimate of drug-likeness (QED) is 0.582.